The van der Waals surface area contributed by atoms with Crippen molar-refractivity contribution in [3.8, 4) is 0 Å². The van der Waals surface area contributed by atoms with Gasteiger partial charge in [0.2, 0.25) is 0 Å². The molecule has 0 nitrogen and oxygen atoms in total. The van der Waals surface area contributed by atoms with Crippen LogP contribution >= 0.6 is 0 Å². The molecule has 3 rings (SSSR count). The molecule has 30 heavy (non-hydrogen) atoms. The molecule has 0 aliphatic heterocycles. The number of benzene rings is 3. The molecule has 0 radical (unpaired) electrons. The van der Waals surface area contributed by atoms with Crippen LogP contribution < -0.4 is 16.4 Å². The Hall–Kier alpha value is -3.05. The van der Waals surface area contributed by atoms with Crippen LogP contribution in [0.1, 0.15) is 0 Å². The van der Waals surface area contributed by atoms with E-state index in [0.29, 0.717) is 0 Å². The molecule has 0 N–H and O–H groups in total. The second-order valence-corrected chi connectivity index (χ2v) is 5.93. The first-order chi connectivity index (χ1) is 14.0. The molecule has 3 aromatic carbocycles. The van der Waals surface area contributed by atoms with Gasteiger partial charge in [-0.2, -0.15) is 0 Å². The third-order valence-corrected chi connectivity index (χ3v) is 4.27. The van der Waals surface area contributed by atoms with Crippen LogP contribution in [0.5, 0.6) is 0 Å². The highest BCUT2D eigenvalue weighted by molar-refractivity contribution is 6.95. The smallest absolute Gasteiger partial charge is 0.207 e. The van der Waals surface area contributed by atoms with Crippen molar-refractivity contribution in [2.24, 2.45) is 0 Å². The molecule has 0 amide bonds. The Balaban J connectivity index is 2.57. The molecule has 0 fully saturated rings. The molecule has 156 valence electrons. The first-order valence-corrected chi connectivity index (χ1v) is 7.77. The van der Waals surface area contributed by atoms with Gasteiger partial charge in [-0.15, -0.1) is 0 Å². The molecule has 0 atom stereocenters. The average molecular weight is 440 g/mol. The normalized spacial score (nSPS) is 11.2. The Morgan fingerprint density at radius 1 is 0.333 bits per heavy atom. The van der Waals surface area contributed by atoms with Gasteiger partial charge in [0.25, 0.3) is 6.71 Å². The van der Waals surface area contributed by atoms with E-state index in [1.54, 1.807) is 0 Å². The first kappa shape index (κ1) is 21.7. The van der Waals surface area contributed by atoms with Crippen molar-refractivity contribution >= 4 is 23.1 Å². The molecule has 0 bridgehead atoms. The molecular weight excluding hydrogens is 436 g/mol. The molecule has 0 aromatic heterocycles. The Kier molecular flexibility index (Phi) is 5.53. The zero-order valence-corrected chi connectivity index (χ0v) is 14.0. The standard InChI is InChI=1S/C18H4BF11/c20-5-1-3-7(22)12(24)9(5)19(10-6(21)2-4-8(23)13(10)25)11-14(26)16(28)18(30)17(29)15(11)27/h1-4H. The highest BCUT2D eigenvalue weighted by Gasteiger charge is 2.41. The van der Waals surface area contributed by atoms with Crippen LogP contribution in [0.25, 0.3) is 0 Å². The van der Waals surface area contributed by atoms with Gasteiger partial charge < -0.3 is 0 Å². The van der Waals surface area contributed by atoms with Crippen molar-refractivity contribution in [1.29, 1.82) is 0 Å². The van der Waals surface area contributed by atoms with E-state index in [-0.39, 0.29) is 24.3 Å². The maximum atomic E-state index is 14.4. The predicted molar refractivity (Wildman–Crippen MR) is 83.5 cm³/mol. The summed E-state index contributed by atoms with van der Waals surface area (Å²) in [5.74, 6) is -25.3. The average Bonchev–Trinajstić information content (AvgIpc) is 2.70. The Labute approximate surface area is 160 Å². The molecule has 0 saturated heterocycles. The fraction of sp³-hybridized carbons (Fsp3) is 0. The molecule has 12 heteroatoms. The lowest BCUT2D eigenvalue weighted by molar-refractivity contribution is 0.384. The zero-order valence-electron chi connectivity index (χ0n) is 14.0. The lowest BCUT2D eigenvalue weighted by Crippen LogP contribution is -2.60. The maximum Gasteiger partial charge on any atom is 0.264 e. The van der Waals surface area contributed by atoms with Crippen LogP contribution in [0.15, 0.2) is 24.3 Å². The van der Waals surface area contributed by atoms with Gasteiger partial charge >= 0.3 is 0 Å². The Bertz CT molecular complexity index is 1090. The lowest BCUT2D eigenvalue weighted by Gasteiger charge is -2.20. The summed E-state index contributed by atoms with van der Waals surface area (Å²) < 4.78 is 154. The molecule has 0 aliphatic rings. The van der Waals surface area contributed by atoms with E-state index in [2.05, 4.69) is 0 Å². The summed E-state index contributed by atoms with van der Waals surface area (Å²) >= 11 is 0. The van der Waals surface area contributed by atoms with Crippen molar-refractivity contribution in [1.82, 2.24) is 0 Å². The number of hydrogen-bond acceptors (Lipinski definition) is 0. The minimum atomic E-state index is -3.12. The van der Waals surface area contributed by atoms with Gasteiger partial charge in [-0.1, -0.05) is 0 Å². The highest BCUT2D eigenvalue weighted by atomic mass is 19.2. The number of rotatable bonds is 3. The van der Waals surface area contributed by atoms with E-state index >= 15 is 0 Å². The lowest BCUT2D eigenvalue weighted by atomic mass is 9.36. The van der Waals surface area contributed by atoms with Crippen molar-refractivity contribution in [3.05, 3.63) is 88.3 Å². The van der Waals surface area contributed by atoms with Gasteiger partial charge in [0.15, 0.2) is 52.4 Å². The molecule has 0 saturated carbocycles. The molecule has 0 unspecified atom stereocenters. The monoisotopic (exact) mass is 440 g/mol. The van der Waals surface area contributed by atoms with Crippen molar-refractivity contribution in [3.63, 3.8) is 0 Å². The fourth-order valence-electron chi connectivity index (χ4n) is 2.92. The Morgan fingerprint density at radius 3 is 1.00 bits per heavy atom. The SMILES string of the molecule is Fc1ccc(F)c(B(c2c(F)ccc(F)c2F)c2c(F)c(F)c(F)c(F)c2F)c1F. The molecule has 0 heterocycles. The van der Waals surface area contributed by atoms with Gasteiger partial charge in [-0.25, -0.2) is 48.3 Å². The summed E-state index contributed by atoms with van der Waals surface area (Å²) in [7, 11) is 0. The first-order valence-electron chi connectivity index (χ1n) is 7.77. The third-order valence-electron chi connectivity index (χ3n) is 4.27. The molecule has 0 spiro atoms. The van der Waals surface area contributed by atoms with Gasteiger partial charge in [0, 0.05) is 16.4 Å². The predicted octanol–water partition coefficient (Wildman–Crippen LogP) is 3.73. The van der Waals surface area contributed by atoms with E-state index in [1.165, 1.54) is 0 Å². The van der Waals surface area contributed by atoms with Crippen LogP contribution in [-0.4, -0.2) is 6.71 Å². The van der Waals surface area contributed by atoms with E-state index in [4.69, 9.17) is 0 Å². The van der Waals surface area contributed by atoms with Gasteiger partial charge in [0.05, 0.1) is 0 Å². The summed E-state index contributed by atoms with van der Waals surface area (Å²) in [6.07, 6.45) is 0. The second-order valence-electron chi connectivity index (χ2n) is 5.93. The fourth-order valence-corrected chi connectivity index (χ4v) is 2.92. The third kappa shape index (κ3) is 3.19. The number of hydrogen-bond donors (Lipinski definition) is 0. The Morgan fingerprint density at radius 2 is 0.633 bits per heavy atom. The van der Waals surface area contributed by atoms with Gasteiger partial charge in [0.1, 0.15) is 11.6 Å². The minimum Gasteiger partial charge on any atom is -0.207 e. The maximum absolute atomic E-state index is 14.4. The van der Waals surface area contributed by atoms with E-state index in [0.717, 1.165) is 0 Å². The van der Waals surface area contributed by atoms with Crippen LogP contribution in [-0.2, 0) is 0 Å². The summed E-state index contributed by atoms with van der Waals surface area (Å²) in [5.41, 5.74) is -5.72. The van der Waals surface area contributed by atoms with Crippen LogP contribution in [0.2, 0.25) is 0 Å². The molecular formula is C18H4BF11. The summed E-state index contributed by atoms with van der Waals surface area (Å²) in [6.45, 7) is -3.12. The minimum absolute atomic E-state index is 0.182. The highest BCUT2D eigenvalue weighted by Crippen LogP contribution is 2.19. The largest absolute Gasteiger partial charge is 0.264 e. The summed E-state index contributed by atoms with van der Waals surface area (Å²) in [6, 6.07) is 0.758. The topological polar surface area (TPSA) is 0 Å². The van der Waals surface area contributed by atoms with Crippen molar-refractivity contribution in [2.75, 3.05) is 0 Å². The van der Waals surface area contributed by atoms with Crippen LogP contribution in [0.3, 0.4) is 0 Å². The molecule has 3 aromatic rings. The summed E-state index contributed by atoms with van der Waals surface area (Å²) in [4.78, 5) is 0. The van der Waals surface area contributed by atoms with Crippen LogP contribution in [0, 0.1) is 64.0 Å². The van der Waals surface area contributed by atoms with Crippen LogP contribution in [0.4, 0.5) is 48.3 Å². The van der Waals surface area contributed by atoms with E-state index in [1.807, 2.05) is 0 Å². The molecule has 0 aliphatic carbocycles. The quantitative estimate of drug-likeness (QED) is 0.252. The zero-order chi connectivity index (χ0) is 22.5. The van der Waals surface area contributed by atoms with E-state index in [9.17, 15) is 48.3 Å². The van der Waals surface area contributed by atoms with E-state index < -0.39 is 87.1 Å². The van der Waals surface area contributed by atoms with Gasteiger partial charge in [-0.3, -0.25) is 0 Å². The van der Waals surface area contributed by atoms with Crippen molar-refractivity contribution < 1.29 is 48.3 Å². The van der Waals surface area contributed by atoms with Crippen molar-refractivity contribution in [2.45, 2.75) is 0 Å². The van der Waals surface area contributed by atoms with Gasteiger partial charge in [-0.05, 0) is 24.3 Å². The number of halogens is 11. The summed E-state index contributed by atoms with van der Waals surface area (Å²) in [5, 5.41) is 0. The second kappa shape index (κ2) is 7.65.